The Morgan fingerprint density at radius 2 is 1.80 bits per heavy atom. The van der Waals surface area contributed by atoms with Crippen molar-refractivity contribution in [3.8, 4) is 11.5 Å². The third-order valence-electron chi connectivity index (χ3n) is 9.29. The van der Waals surface area contributed by atoms with Crippen LogP contribution < -0.4 is 14.4 Å². The fraction of sp³-hybridized carbons (Fsp3) is 0.600. The zero-order valence-electron chi connectivity index (χ0n) is 27.7. The largest absolute Gasteiger partial charge is 0.474 e. The van der Waals surface area contributed by atoms with E-state index in [1.165, 1.54) is 5.56 Å². The Kier molecular flexibility index (Phi) is 12.6. The molecular formula is C35H53N3O6S. The van der Waals surface area contributed by atoms with E-state index in [1.54, 1.807) is 6.92 Å². The number of carboxylic acid groups (broad SMARTS) is 1. The summed E-state index contributed by atoms with van der Waals surface area (Å²) >= 11 is 0. The first-order valence-electron chi connectivity index (χ1n) is 16.5. The molecule has 10 heteroatoms. The Bertz CT molecular complexity index is 1290. The van der Waals surface area contributed by atoms with Gasteiger partial charge in [-0.25, -0.2) is 4.79 Å². The van der Waals surface area contributed by atoms with Crippen LogP contribution in [0.1, 0.15) is 76.8 Å². The molecule has 2 N–H and O–H groups in total. The van der Waals surface area contributed by atoms with Crippen molar-refractivity contribution in [1.29, 1.82) is 0 Å². The van der Waals surface area contributed by atoms with Gasteiger partial charge in [0, 0.05) is 31.2 Å². The maximum absolute atomic E-state index is 14.3. The Hall–Kier alpha value is -2.79. The number of aliphatic hydroxyl groups is 1. The number of benzene rings is 2. The molecule has 4 atom stereocenters. The average Bonchev–Trinajstić information content (AvgIpc) is 3.49. The quantitative estimate of drug-likeness (QED) is 0.213. The van der Waals surface area contributed by atoms with Crippen LogP contribution in [-0.4, -0.2) is 94.3 Å². The lowest BCUT2D eigenvalue weighted by molar-refractivity contribution is -0.120. The van der Waals surface area contributed by atoms with E-state index in [4.69, 9.17) is 9.47 Å². The van der Waals surface area contributed by atoms with E-state index >= 15 is 0 Å². The van der Waals surface area contributed by atoms with E-state index in [0.29, 0.717) is 49.9 Å². The van der Waals surface area contributed by atoms with Gasteiger partial charge < -0.3 is 24.6 Å². The van der Waals surface area contributed by atoms with Gasteiger partial charge in [-0.1, -0.05) is 51.8 Å². The van der Waals surface area contributed by atoms with Crippen molar-refractivity contribution in [3.63, 3.8) is 0 Å². The highest BCUT2D eigenvalue weighted by Crippen LogP contribution is 2.58. The SMILES string of the molecule is CCCCc1cccc(N(CCCC)C(=O)CN2CC(c3ccc4c(c3)OCO4)CS(C)(C(=O)O)[C@@H]2CCN(CC)C(C)O)c1. The number of anilines is 1. The monoisotopic (exact) mass is 643 g/mol. The van der Waals surface area contributed by atoms with Crippen LogP contribution in [0.15, 0.2) is 42.5 Å². The first-order valence-corrected chi connectivity index (χ1v) is 18.8. The fourth-order valence-corrected chi connectivity index (χ4v) is 9.77. The van der Waals surface area contributed by atoms with Gasteiger partial charge >= 0.3 is 5.30 Å². The lowest BCUT2D eigenvalue weighted by atomic mass is 9.99. The van der Waals surface area contributed by atoms with Gasteiger partial charge in [0.1, 0.15) is 6.23 Å². The van der Waals surface area contributed by atoms with Gasteiger partial charge in [-0.05, 0) is 86.6 Å². The molecule has 2 heterocycles. The second-order valence-corrected chi connectivity index (χ2v) is 16.0. The lowest BCUT2D eigenvalue weighted by Crippen LogP contribution is -2.54. The molecule has 4 rings (SSSR count). The Balaban J connectivity index is 1.68. The third kappa shape index (κ3) is 8.52. The highest BCUT2D eigenvalue weighted by Gasteiger charge is 2.47. The van der Waals surface area contributed by atoms with Crippen molar-refractivity contribution >= 4 is 26.9 Å². The number of hydrogen-bond donors (Lipinski definition) is 2. The van der Waals surface area contributed by atoms with Crippen LogP contribution >= 0.6 is 10.0 Å². The van der Waals surface area contributed by atoms with Gasteiger partial charge in [0.15, 0.2) is 11.5 Å². The van der Waals surface area contributed by atoms with Crippen molar-refractivity contribution in [1.82, 2.24) is 9.80 Å². The number of aliphatic hydroxyl groups excluding tert-OH is 1. The molecule has 1 saturated heterocycles. The summed E-state index contributed by atoms with van der Waals surface area (Å²) < 4.78 is 11.2. The number of aryl methyl sites for hydroxylation is 1. The van der Waals surface area contributed by atoms with Crippen molar-refractivity contribution in [2.45, 2.75) is 83.7 Å². The predicted molar refractivity (Wildman–Crippen MR) is 183 cm³/mol. The van der Waals surface area contributed by atoms with Gasteiger partial charge in [-0.3, -0.25) is 14.6 Å². The summed E-state index contributed by atoms with van der Waals surface area (Å²) in [5, 5.41) is 20.0. The number of carbonyl (C=O) groups excluding carboxylic acids is 1. The van der Waals surface area contributed by atoms with Crippen LogP contribution in [-0.2, 0) is 11.2 Å². The molecule has 1 amide bonds. The standard InChI is InChI=1S/C35H53N3O6S/c1-6-9-12-27-13-11-14-30(20-27)38(18-10-7-2)33(40)23-37-22-29(28-15-16-31-32(21-28)44-25-43-31)24-45(5,35(41)42)34(37)17-19-36(8-3)26(4)39/h11,13-16,20-21,26,29,34,39H,6-10,12,17-19,22-25H2,1-5H3,(H,41,42)/t26?,29?,34-/m1/s1. The summed E-state index contributed by atoms with van der Waals surface area (Å²) in [4.78, 5) is 33.5. The first-order chi connectivity index (χ1) is 21.6. The van der Waals surface area contributed by atoms with E-state index in [1.807, 2.05) is 53.3 Å². The molecule has 45 heavy (non-hydrogen) atoms. The van der Waals surface area contributed by atoms with Gasteiger partial charge in [0.05, 0.1) is 11.9 Å². The molecule has 2 aliphatic heterocycles. The molecule has 0 saturated carbocycles. The smallest absolute Gasteiger partial charge is 0.348 e. The minimum Gasteiger partial charge on any atom is -0.474 e. The fourth-order valence-electron chi connectivity index (χ4n) is 6.60. The topological polar surface area (TPSA) is 103 Å². The molecule has 2 aromatic carbocycles. The zero-order valence-corrected chi connectivity index (χ0v) is 28.6. The van der Waals surface area contributed by atoms with Gasteiger partial charge in [-0.2, -0.15) is 0 Å². The van der Waals surface area contributed by atoms with E-state index in [9.17, 15) is 19.8 Å². The minimum absolute atomic E-state index is 0.0116. The van der Waals surface area contributed by atoms with Crippen LogP contribution in [0.25, 0.3) is 0 Å². The second-order valence-electron chi connectivity index (χ2n) is 12.5. The van der Waals surface area contributed by atoms with Gasteiger partial charge in [0.25, 0.3) is 0 Å². The van der Waals surface area contributed by atoms with E-state index in [0.717, 1.165) is 43.4 Å². The van der Waals surface area contributed by atoms with Crippen molar-refractivity contribution < 1.29 is 29.3 Å². The highest BCUT2D eigenvalue weighted by atomic mass is 32.3. The summed E-state index contributed by atoms with van der Waals surface area (Å²) in [6, 6.07) is 14.2. The summed E-state index contributed by atoms with van der Waals surface area (Å²) in [7, 11) is -2.27. The normalized spacial score (nSPS) is 23.4. The minimum atomic E-state index is -2.27. The van der Waals surface area contributed by atoms with Gasteiger partial charge in [0.2, 0.25) is 12.7 Å². The Morgan fingerprint density at radius 3 is 2.49 bits per heavy atom. The summed E-state index contributed by atoms with van der Waals surface area (Å²) in [6.45, 7) is 10.7. The maximum Gasteiger partial charge on any atom is 0.348 e. The van der Waals surface area contributed by atoms with Crippen LogP contribution in [0.5, 0.6) is 11.5 Å². The number of unbranched alkanes of at least 4 members (excludes halogenated alkanes) is 2. The first kappa shape index (κ1) is 35.1. The van der Waals surface area contributed by atoms with E-state index < -0.39 is 21.6 Å². The molecule has 250 valence electrons. The zero-order chi connectivity index (χ0) is 32.6. The third-order valence-corrected chi connectivity index (χ3v) is 12.9. The number of rotatable bonds is 15. The highest BCUT2D eigenvalue weighted by molar-refractivity contribution is 8.44. The van der Waals surface area contributed by atoms with E-state index in [2.05, 4.69) is 30.9 Å². The van der Waals surface area contributed by atoms with Crippen LogP contribution in [0, 0.1) is 0 Å². The van der Waals surface area contributed by atoms with Crippen LogP contribution in [0.2, 0.25) is 0 Å². The molecule has 0 aromatic heterocycles. The lowest BCUT2D eigenvalue weighted by Gasteiger charge is -2.52. The molecule has 9 nitrogen and oxygen atoms in total. The van der Waals surface area contributed by atoms with E-state index in [-0.39, 0.29) is 30.5 Å². The molecular weight excluding hydrogens is 590 g/mol. The number of carbonyl (C=O) groups is 2. The maximum atomic E-state index is 14.3. The summed E-state index contributed by atoms with van der Waals surface area (Å²) in [6.07, 6.45) is 6.85. The number of amides is 1. The molecule has 2 aliphatic rings. The summed E-state index contributed by atoms with van der Waals surface area (Å²) in [5.74, 6) is 1.78. The predicted octanol–water partition coefficient (Wildman–Crippen LogP) is 6.48. The molecule has 0 spiro atoms. The average molecular weight is 644 g/mol. The van der Waals surface area contributed by atoms with Gasteiger partial charge in [-0.15, -0.1) is 10.0 Å². The van der Waals surface area contributed by atoms with Crippen molar-refractivity contribution in [2.24, 2.45) is 0 Å². The molecule has 0 radical (unpaired) electrons. The molecule has 1 fully saturated rings. The number of ether oxygens (including phenoxy) is 2. The van der Waals surface area contributed by atoms with Crippen LogP contribution in [0.4, 0.5) is 10.5 Å². The molecule has 0 aliphatic carbocycles. The van der Waals surface area contributed by atoms with Crippen molar-refractivity contribution in [2.75, 3.05) is 56.4 Å². The number of fused-ring (bicyclic) bond motifs is 1. The van der Waals surface area contributed by atoms with Crippen molar-refractivity contribution in [3.05, 3.63) is 53.6 Å². The Labute approximate surface area is 270 Å². The second kappa shape index (κ2) is 16.2. The molecule has 0 bridgehead atoms. The molecule has 2 aromatic rings. The number of nitrogens with zero attached hydrogens (tertiary/aromatic N) is 3. The molecule has 3 unspecified atom stereocenters. The Morgan fingerprint density at radius 1 is 1.04 bits per heavy atom. The summed E-state index contributed by atoms with van der Waals surface area (Å²) in [5.41, 5.74) is 3.13. The van der Waals surface area contributed by atoms with Crippen LogP contribution in [0.3, 0.4) is 0 Å². The number of hydrogen-bond acceptors (Lipinski definition) is 7.